The third kappa shape index (κ3) is 4.05. The van der Waals surface area contributed by atoms with E-state index in [1.807, 2.05) is 0 Å². The zero-order valence-corrected chi connectivity index (χ0v) is 13.2. The van der Waals surface area contributed by atoms with Crippen molar-refractivity contribution in [3.05, 3.63) is 62.9 Å². The summed E-state index contributed by atoms with van der Waals surface area (Å²) in [5, 5.41) is 13.4. The molecule has 0 aliphatic carbocycles. The SMILES string of the molecule is Cc1c(C(=O)OCC(=O)Nc2cccnc2Cl)cccc1[N+](=O)[O-]. The van der Waals surface area contributed by atoms with Crippen LogP contribution >= 0.6 is 11.6 Å². The number of anilines is 1. The average Bonchev–Trinajstić information content (AvgIpc) is 2.54. The van der Waals surface area contributed by atoms with E-state index in [1.54, 1.807) is 12.1 Å². The molecule has 0 bridgehead atoms. The highest BCUT2D eigenvalue weighted by Gasteiger charge is 2.19. The quantitative estimate of drug-likeness (QED) is 0.384. The first-order valence-corrected chi connectivity index (χ1v) is 7.09. The predicted molar refractivity (Wildman–Crippen MR) is 86.0 cm³/mol. The number of benzene rings is 1. The van der Waals surface area contributed by atoms with Crippen LogP contribution in [0, 0.1) is 17.0 Å². The number of esters is 1. The number of ether oxygens (including phenoxy) is 1. The summed E-state index contributed by atoms with van der Waals surface area (Å²) in [4.78, 5) is 37.8. The van der Waals surface area contributed by atoms with E-state index >= 15 is 0 Å². The molecule has 0 aliphatic heterocycles. The number of nitrogens with one attached hydrogen (secondary N) is 1. The Hall–Kier alpha value is -3.00. The van der Waals surface area contributed by atoms with Crippen LogP contribution in [-0.2, 0) is 9.53 Å². The fraction of sp³-hybridized carbons (Fsp3) is 0.133. The van der Waals surface area contributed by atoms with E-state index in [0.29, 0.717) is 0 Å². The van der Waals surface area contributed by atoms with Crippen molar-refractivity contribution in [2.24, 2.45) is 0 Å². The van der Waals surface area contributed by atoms with Gasteiger partial charge >= 0.3 is 5.97 Å². The van der Waals surface area contributed by atoms with Crippen molar-refractivity contribution in [2.45, 2.75) is 6.92 Å². The van der Waals surface area contributed by atoms with Crippen molar-refractivity contribution in [2.75, 3.05) is 11.9 Å². The molecule has 0 spiro atoms. The number of hydrogen-bond acceptors (Lipinski definition) is 6. The Kier molecular flexibility index (Phi) is 5.43. The standard InChI is InChI=1S/C15H12ClN3O5/c1-9-10(4-2-6-12(9)19(22)23)15(21)24-8-13(20)18-11-5-3-7-17-14(11)16/h2-7H,8H2,1H3,(H,18,20). The maximum atomic E-state index is 12.0. The molecule has 0 aliphatic rings. The lowest BCUT2D eigenvalue weighted by atomic mass is 10.1. The first-order chi connectivity index (χ1) is 11.4. The summed E-state index contributed by atoms with van der Waals surface area (Å²) in [7, 11) is 0. The molecule has 0 saturated heterocycles. The number of nitrogens with zero attached hydrogens (tertiary/aromatic N) is 2. The highest BCUT2D eigenvalue weighted by Crippen LogP contribution is 2.22. The number of pyridine rings is 1. The number of hydrogen-bond donors (Lipinski definition) is 1. The van der Waals surface area contributed by atoms with E-state index < -0.39 is 23.4 Å². The highest BCUT2D eigenvalue weighted by atomic mass is 35.5. The van der Waals surface area contributed by atoms with Gasteiger partial charge < -0.3 is 10.1 Å². The van der Waals surface area contributed by atoms with Gasteiger partial charge in [0.05, 0.1) is 16.2 Å². The molecule has 1 heterocycles. The highest BCUT2D eigenvalue weighted by molar-refractivity contribution is 6.32. The van der Waals surface area contributed by atoms with Crippen molar-refractivity contribution < 1.29 is 19.2 Å². The van der Waals surface area contributed by atoms with Crippen molar-refractivity contribution in [3.8, 4) is 0 Å². The lowest BCUT2D eigenvalue weighted by Gasteiger charge is -2.08. The number of nitro benzene ring substituents is 1. The van der Waals surface area contributed by atoms with E-state index in [1.165, 1.54) is 31.3 Å². The van der Waals surface area contributed by atoms with Crippen molar-refractivity contribution in [3.63, 3.8) is 0 Å². The van der Waals surface area contributed by atoms with Gasteiger partial charge in [-0.2, -0.15) is 0 Å². The maximum absolute atomic E-state index is 12.0. The molecule has 1 aromatic carbocycles. The zero-order chi connectivity index (χ0) is 17.7. The van der Waals surface area contributed by atoms with Gasteiger partial charge in [0.25, 0.3) is 11.6 Å². The van der Waals surface area contributed by atoms with Crippen LogP contribution in [0.1, 0.15) is 15.9 Å². The summed E-state index contributed by atoms with van der Waals surface area (Å²) in [6, 6.07) is 7.17. The second kappa shape index (κ2) is 7.51. The molecule has 124 valence electrons. The normalized spacial score (nSPS) is 10.1. The van der Waals surface area contributed by atoms with Gasteiger partial charge in [-0.25, -0.2) is 9.78 Å². The van der Waals surface area contributed by atoms with Crippen LogP contribution in [0.2, 0.25) is 5.15 Å². The summed E-state index contributed by atoms with van der Waals surface area (Å²) in [5.74, 6) is -1.44. The number of nitro groups is 1. The average molecular weight is 350 g/mol. The van der Waals surface area contributed by atoms with Crippen LogP contribution in [0.4, 0.5) is 11.4 Å². The van der Waals surface area contributed by atoms with Crippen LogP contribution in [0.15, 0.2) is 36.5 Å². The minimum absolute atomic E-state index is 0.0245. The van der Waals surface area contributed by atoms with Crippen LogP contribution < -0.4 is 5.32 Å². The van der Waals surface area contributed by atoms with E-state index in [9.17, 15) is 19.7 Å². The Bertz CT molecular complexity index is 809. The predicted octanol–water partition coefficient (Wildman–Crippen LogP) is 2.75. The van der Waals surface area contributed by atoms with Gasteiger partial charge in [-0.15, -0.1) is 0 Å². The third-order valence-corrected chi connectivity index (χ3v) is 3.39. The first-order valence-electron chi connectivity index (χ1n) is 6.71. The molecule has 1 N–H and O–H groups in total. The lowest BCUT2D eigenvalue weighted by Crippen LogP contribution is -2.21. The second-order valence-corrected chi connectivity index (χ2v) is 5.03. The fourth-order valence-corrected chi connectivity index (χ4v) is 2.08. The molecule has 1 aromatic heterocycles. The minimum Gasteiger partial charge on any atom is -0.452 e. The second-order valence-electron chi connectivity index (χ2n) is 4.67. The van der Waals surface area contributed by atoms with Gasteiger partial charge in [0, 0.05) is 17.8 Å². The molecular formula is C15H12ClN3O5. The molecule has 2 rings (SSSR count). The molecule has 0 saturated carbocycles. The number of rotatable bonds is 5. The number of aromatic nitrogens is 1. The largest absolute Gasteiger partial charge is 0.452 e. The summed E-state index contributed by atoms with van der Waals surface area (Å²) in [6.07, 6.45) is 1.46. The number of carbonyl (C=O) groups excluding carboxylic acids is 2. The Morgan fingerprint density at radius 1 is 1.33 bits per heavy atom. The molecule has 0 atom stereocenters. The first kappa shape index (κ1) is 17.4. The molecule has 9 heteroatoms. The zero-order valence-electron chi connectivity index (χ0n) is 12.5. The minimum atomic E-state index is -0.830. The van der Waals surface area contributed by atoms with Gasteiger partial charge in [0.2, 0.25) is 0 Å². The topological polar surface area (TPSA) is 111 Å². The molecule has 0 radical (unpaired) electrons. The van der Waals surface area contributed by atoms with Crippen molar-refractivity contribution in [1.29, 1.82) is 0 Å². The molecule has 1 amide bonds. The molecule has 24 heavy (non-hydrogen) atoms. The van der Waals surface area contributed by atoms with Crippen molar-refractivity contribution in [1.82, 2.24) is 4.98 Å². The Morgan fingerprint density at radius 3 is 2.75 bits per heavy atom. The van der Waals surface area contributed by atoms with Crippen LogP contribution in [0.3, 0.4) is 0 Å². The summed E-state index contributed by atoms with van der Waals surface area (Å²) >= 11 is 5.80. The van der Waals surface area contributed by atoms with Gasteiger partial charge in [-0.1, -0.05) is 17.7 Å². The smallest absolute Gasteiger partial charge is 0.339 e. The van der Waals surface area contributed by atoms with Gasteiger partial charge in [0.1, 0.15) is 0 Å². The third-order valence-electron chi connectivity index (χ3n) is 3.09. The number of amides is 1. The monoisotopic (exact) mass is 349 g/mol. The van der Waals surface area contributed by atoms with E-state index in [-0.39, 0.29) is 27.7 Å². The van der Waals surface area contributed by atoms with Crippen molar-refractivity contribution >= 4 is 34.9 Å². The number of carbonyl (C=O) groups is 2. The molecular weight excluding hydrogens is 338 g/mol. The van der Waals surface area contributed by atoms with Gasteiger partial charge in [-0.3, -0.25) is 14.9 Å². The Labute approximate surface area is 141 Å². The molecule has 2 aromatic rings. The summed E-state index contributed by atoms with van der Waals surface area (Å²) in [6.45, 7) is 0.871. The summed E-state index contributed by atoms with van der Waals surface area (Å²) < 4.78 is 4.88. The van der Waals surface area contributed by atoms with Crippen LogP contribution in [0.25, 0.3) is 0 Å². The summed E-state index contributed by atoms with van der Waals surface area (Å²) in [5.41, 5.74) is 0.280. The van der Waals surface area contributed by atoms with E-state index in [2.05, 4.69) is 10.3 Å². The lowest BCUT2D eigenvalue weighted by molar-refractivity contribution is -0.385. The number of halogens is 1. The fourth-order valence-electron chi connectivity index (χ4n) is 1.92. The molecule has 0 unspecified atom stereocenters. The molecule has 8 nitrogen and oxygen atoms in total. The van der Waals surface area contributed by atoms with E-state index in [4.69, 9.17) is 16.3 Å². The van der Waals surface area contributed by atoms with Gasteiger partial charge in [-0.05, 0) is 25.1 Å². The maximum Gasteiger partial charge on any atom is 0.339 e. The van der Waals surface area contributed by atoms with Crippen LogP contribution in [0.5, 0.6) is 0 Å². The van der Waals surface area contributed by atoms with E-state index in [0.717, 1.165) is 0 Å². The Morgan fingerprint density at radius 2 is 2.08 bits per heavy atom. The Balaban J connectivity index is 2.01. The van der Waals surface area contributed by atoms with Gasteiger partial charge in [0.15, 0.2) is 11.8 Å². The molecule has 0 fully saturated rings. The van der Waals surface area contributed by atoms with Crippen LogP contribution in [-0.4, -0.2) is 28.4 Å².